The lowest BCUT2D eigenvalue weighted by molar-refractivity contribution is 0.158. The molecule has 0 amide bonds. The highest BCUT2D eigenvalue weighted by Crippen LogP contribution is 2.30. The van der Waals surface area contributed by atoms with E-state index in [2.05, 4.69) is 14.9 Å². The molecule has 0 spiro atoms. The van der Waals surface area contributed by atoms with Crippen LogP contribution in [0.25, 0.3) is 0 Å². The van der Waals surface area contributed by atoms with Crippen LogP contribution >= 0.6 is 0 Å². The van der Waals surface area contributed by atoms with Crippen LogP contribution in [0.1, 0.15) is 42.2 Å². The van der Waals surface area contributed by atoms with Crippen LogP contribution in [0.15, 0.2) is 30.5 Å². The number of rotatable bonds is 4. The Balaban J connectivity index is 1.73. The zero-order valence-electron chi connectivity index (χ0n) is 13.5. The predicted octanol–water partition coefficient (Wildman–Crippen LogP) is 3.33. The first-order valence-corrected chi connectivity index (χ1v) is 8.05. The summed E-state index contributed by atoms with van der Waals surface area (Å²) in [5, 5.41) is 10.4. The Labute approximate surface area is 136 Å². The summed E-state index contributed by atoms with van der Waals surface area (Å²) >= 11 is 0. The number of hydrogen-bond donors (Lipinski definition) is 1. The number of halogens is 1. The first-order valence-electron chi connectivity index (χ1n) is 8.05. The minimum absolute atomic E-state index is 0.206. The maximum absolute atomic E-state index is 13.0. The molecule has 1 aliphatic rings. The Hall–Kier alpha value is -2.01. The molecule has 1 N–H and O–H groups in total. The molecule has 2 atom stereocenters. The van der Waals surface area contributed by atoms with Gasteiger partial charge in [0.1, 0.15) is 5.82 Å². The molecule has 0 saturated carbocycles. The van der Waals surface area contributed by atoms with Crippen LogP contribution in [0.5, 0.6) is 0 Å². The van der Waals surface area contributed by atoms with Gasteiger partial charge in [0.25, 0.3) is 0 Å². The highest BCUT2D eigenvalue weighted by molar-refractivity contribution is 5.36. The topological polar surface area (TPSA) is 49.2 Å². The second-order valence-electron chi connectivity index (χ2n) is 6.23. The van der Waals surface area contributed by atoms with Gasteiger partial charge in [0.05, 0.1) is 6.10 Å². The molecular weight excluding hydrogens is 293 g/mol. The molecular formula is C18H22FN3O. The van der Waals surface area contributed by atoms with Gasteiger partial charge < -0.3 is 10.0 Å². The summed E-state index contributed by atoms with van der Waals surface area (Å²) in [5.74, 6) is 0.453. The van der Waals surface area contributed by atoms with E-state index in [0.717, 1.165) is 42.2 Å². The van der Waals surface area contributed by atoms with Crippen LogP contribution in [0.3, 0.4) is 0 Å². The fourth-order valence-corrected chi connectivity index (χ4v) is 3.08. The second kappa shape index (κ2) is 6.62. The van der Waals surface area contributed by atoms with Crippen molar-refractivity contribution < 1.29 is 9.50 Å². The molecule has 1 fully saturated rings. The first-order chi connectivity index (χ1) is 11.0. The molecule has 1 aromatic heterocycles. The lowest BCUT2D eigenvalue weighted by atomic mass is 10.0. The third-order valence-electron chi connectivity index (χ3n) is 4.60. The molecule has 23 heavy (non-hydrogen) atoms. The SMILES string of the molecule is Cc1cnc(N2CCC[C@H]2C[C@@H](O)c2ccc(F)cc2)nc1C. The molecule has 4 nitrogen and oxygen atoms in total. The average molecular weight is 315 g/mol. The quantitative estimate of drug-likeness (QED) is 0.940. The van der Waals surface area contributed by atoms with Gasteiger partial charge in [-0.3, -0.25) is 0 Å². The van der Waals surface area contributed by atoms with Crippen molar-refractivity contribution in [3.8, 4) is 0 Å². The van der Waals surface area contributed by atoms with Crippen LogP contribution < -0.4 is 4.90 Å². The highest BCUT2D eigenvalue weighted by Gasteiger charge is 2.29. The van der Waals surface area contributed by atoms with Crippen molar-refractivity contribution in [2.75, 3.05) is 11.4 Å². The largest absolute Gasteiger partial charge is 0.388 e. The molecule has 0 bridgehead atoms. The molecule has 0 aliphatic carbocycles. The minimum Gasteiger partial charge on any atom is -0.388 e. The Kier molecular flexibility index (Phi) is 4.57. The predicted molar refractivity (Wildman–Crippen MR) is 87.9 cm³/mol. The number of nitrogens with zero attached hydrogens (tertiary/aromatic N) is 3. The Bertz CT molecular complexity index is 674. The van der Waals surface area contributed by atoms with E-state index < -0.39 is 6.10 Å². The van der Waals surface area contributed by atoms with Gasteiger partial charge in [0.15, 0.2) is 0 Å². The smallest absolute Gasteiger partial charge is 0.225 e. The van der Waals surface area contributed by atoms with Gasteiger partial charge in [0.2, 0.25) is 5.95 Å². The summed E-state index contributed by atoms with van der Waals surface area (Å²) < 4.78 is 13.0. The van der Waals surface area contributed by atoms with Crippen LogP contribution in [0.4, 0.5) is 10.3 Å². The van der Waals surface area contributed by atoms with Crippen LogP contribution in [-0.2, 0) is 0 Å². The van der Waals surface area contributed by atoms with Gasteiger partial charge in [0, 0.05) is 24.5 Å². The molecule has 2 heterocycles. The van der Waals surface area contributed by atoms with Crippen molar-refractivity contribution >= 4 is 5.95 Å². The zero-order valence-corrected chi connectivity index (χ0v) is 13.5. The molecule has 1 aromatic carbocycles. The summed E-state index contributed by atoms with van der Waals surface area (Å²) in [6, 6.07) is 6.27. The van der Waals surface area contributed by atoms with E-state index in [9.17, 15) is 9.50 Å². The van der Waals surface area contributed by atoms with E-state index in [-0.39, 0.29) is 11.9 Å². The molecule has 1 aliphatic heterocycles. The molecule has 2 aromatic rings. The van der Waals surface area contributed by atoms with Gasteiger partial charge in [-0.2, -0.15) is 0 Å². The van der Waals surface area contributed by atoms with Crippen molar-refractivity contribution in [2.45, 2.75) is 45.3 Å². The van der Waals surface area contributed by atoms with Gasteiger partial charge in [-0.05, 0) is 56.4 Å². The van der Waals surface area contributed by atoms with Gasteiger partial charge in [-0.15, -0.1) is 0 Å². The molecule has 5 heteroatoms. The average Bonchev–Trinajstić information content (AvgIpc) is 2.99. The molecule has 0 unspecified atom stereocenters. The summed E-state index contributed by atoms with van der Waals surface area (Å²) in [6.07, 6.45) is 3.92. The van der Waals surface area contributed by atoms with Crippen molar-refractivity contribution in [1.82, 2.24) is 9.97 Å². The maximum atomic E-state index is 13.0. The molecule has 0 radical (unpaired) electrons. The molecule has 1 saturated heterocycles. The lowest BCUT2D eigenvalue weighted by Crippen LogP contribution is -2.32. The van der Waals surface area contributed by atoms with Crippen molar-refractivity contribution in [3.05, 3.63) is 53.1 Å². The monoisotopic (exact) mass is 315 g/mol. The van der Waals surface area contributed by atoms with Gasteiger partial charge in [-0.1, -0.05) is 12.1 Å². The van der Waals surface area contributed by atoms with E-state index >= 15 is 0 Å². The number of aliphatic hydroxyl groups excluding tert-OH is 1. The van der Waals surface area contributed by atoms with E-state index in [0.29, 0.717) is 6.42 Å². The highest BCUT2D eigenvalue weighted by atomic mass is 19.1. The standard InChI is InChI=1S/C18H22FN3O/c1-12-11-20-18(21-13(12)2)22-9-3-4-16(22)10-17(23)14-5-7-15(19)8-6-14/h5-8,11,16-17,23H,3-4,9-10H2,1-2H3/t16-,17+/m0/s1. The number of aliphatic hydroxyl groups is 1. The van der Waals surface area contributed by atoms with E-state index in [1.54, 1.807) is 12.1 Å². The number of aryl methyl sites for hydroxylation is 2. The number of aromatic nitrogens is 2. The van der Waals surface area contributed by atoms with Gasteiger partial charge in [-0.25, -0.2) is 14.4 Å². The first kappa shape index (κ1) is 15.9. The number of anilines is 1. The third kappa shape index (κ3) is 3.50. The molecule has 3 rings (SSSR count). The third-order valence-corrected chi connectivity index (χ3v) is 4.60. The fraction of sp³-hybridized carbons (Fsp3) is 0.444. The van der Waals surface area contributed by atoms with Crippen molar-refractivity contribution in [1.29, 1.82) is 0 Å². The summed E-state index contributed by atoms with van der Waals surface area (Å²) in [5.41, 5.74) is 2.81. The van der Waals surface area contributed by atoms with E-state index in [4.69, 9.17) is 0 Å². The van der Waals surface area contributed by atoms with Crippen molar-refractivity contribution in [3.63, 3.8) is 0 Å². The number of hydrogen-bond acceptors (Lipinski definition) is 4. The van der Waals surface area contributed by atoms with Crippen LogP contribution in [0, 0.1) is 19.7 Å². The fourth-order valence-electron chi connectivity index (χ4n) is 3.08. The normalized spacial score (nSPS) is 19.1. The minimum atomic E-state index is -0.604. The Morgan fingerprint density at radius 1 is 1.30 bits per heavy atom. The van der Waals surface area contributed by atoms with Crippen LogP contribution in [0.2, 0.25) is 0 Å². The zero-order chi connectivity index (χ0) is 16.4. The molecule has 122 valence electrons. The summed E-state index contributed by atoms with van der Waals surface area (Å²) in [6.45, 7) is 4.89. The summed E-state index contributed by atoms with van der Waals surface area (Å²) in [4.78, 5) is 11.2. The van der Waals surface area contributed by atoms with E-state index in [1.807, 2.05) is 20.0 Å². The maximum Gasteiger partial charge on any atom is 0.225 e. The lowest BCUT2D eigenvalue weighted by Gasteiger charge is -2.27. The van der Waals surface area contributed by atoms with Gasteiger partial charge >= 0.3 is 0 Å². The Morgan fingerprint density at radius 3 is 2.74 bits per heavy atom. The van der Waals surface area contributed by atoms with Crippen molar-refractivity contribution in [2.24, 2.45) is 0 Å². The Morgan fingerprint density at radius 2 is 2.04 bits per heavy atom. The van der Waals surface area contributed by atoms with Crippen LogP contribution in [-0.4, -0.2) is 27.7 Å². The summed E-state index contributed by atoms with van der Waals surface area (Å²) in [7, 11) is 0. The number of benzene rings is 1. The second-order valence-corrected chi connectivity index (χ2v) is 6.23. The van der Waals surface area contributed by atoms with E-state index in [1.165, 1.54) is 12.1 Å².